The smallest absolute Gasteiger partial charge is 0.231 e. The topological polar surface area (TPSA) is 117 Å². The quantitative estimate of drug-likeness (QED) is 0.271. The van der Waals surface area contributed by atoms with Crippen LogP contribution in [-0.4, -0.2) is 54.6 Å². The standard InChI is InChI=1S/C26H34N8O2/c1-5-7-13-23-28-25(26(35-3,36-4)16-8-6-2)31-34(23)18-20-15-14-19(17-27-20)21-11-9-10-12-22(21)24-29-32-33-30-24/h9-12,14-15,17H,5-8,13,16,18H2,1-4H3,(H,29,30,32,33). The van der Waals surface area contributed by atoms with Crippen molar-refractivity contribution in [2.75, 3.05) is 14.2 Å². The molecule has 10 nitrogen and oxygen atoms in total. The minimum atomic E-state index is -0.946. The lowest BCUT2D eigenvalue weighted by Gasteiger charge is -2.27. The number of unbranched alkanes of at least 4 members (excludes halogenated alkanes) is 2. The number of methoxy groups -OCH3 is 2. The first-order valence-electron chi connectivity index (χ1n) is 12.5. The Labute approximate surface area is 211 Å². The van der Waals surface area contributed by atoms with Gasteiger partial charge in [0.15, 0.2) is 0 Å². The zero-order valence-corrected chi connectivity index (χ0v) is 21.4. The SMILES string of the molecule is CCCCc1nc(C(CCCC)(OC)OC)nn1Cc1ccc(-c2ccccc2-c2nn[nH]n2)cn1. The highest BCUT2D eigenvalue weighted by molar-refractivity contribution is 5.79. The van der Waals surface area contributed by atoms with Gasteiger partial charge in [0.2, 0.25) is 17.4 Å². The monoisotopic (exact) mass is 490 g/mol. The number of nitrogens with one attached hydrogen (secondary N) is 1. The fourth-order valence-electron chi connectivity index (χ4n) is 4.21. The summed E-state index contributed by atoms with van der Waals surface area (Å²) in [6.45, 7) is 4.82. The molecule has 0 saturated heterocycles. The minimum Gasteiger partial charge on any atom is -0.347 e. The number of aromatic amines is 1. The Hall–Kier alpha value is -3.50. The molecular formula is C26H34N8O2. The van der Waals surface area contributed by atoms with Gasteiger partial charge in [0.05, 0.1) is 12.2 Å². The summed E-state index contributed by atoms with van der Waals surface area (Å²) in [5.41, 5.74) is 3.75. The molecule has 0 aliphatic heterocycles. The van der Waals surface area contributed by atoms with E-state index >= 15 is 0 Å². The second-order valence-electron chi connectivity index (χ2n) is 8.70. The van der Waals surface area contributed by atoms with E-state index in [-0.39, 0.29) is 0 Å². The van der Waals surface area contributed by atoms with Crippen LogP contribution in [0.5, 0.6) is 0 Å². The number of ether oxygens (including phenoxy) is 2. The Kier molecular flexibility index (Phi) is 8.50. The molecule has 0 saturated carbocycles. The molecule has 0 fully saturated rings. The molecule has 36 heavy (non-hydrogen) atoms. The van der Waals surface area contributed by atoms with Crippen LogP contribution in [0.1, 0.15) is 63.3 Å². The van der Waals surface area contributed by atoms with Crippen molar-refractivity contribution in [1.29, 1.82) is 0 Å². The molecule has 0 amide bonds. The van der Waals surface area contributed by atoms with Crippen molar-refractivity contribution >= 4 is 0 Å². The molecule has 3 aromatic heterocycles. The molecule has 4 aromatic rings. The van der Waals surface area contributed by atoms with Crippen LogP contribution in [0.25, 0.3) is 22.5 Å². The number of nitrogens with zero attached hydrogens (tertiary/aromatic N) is 7. The number of H-pyrrole nitrogens is 1. The van der Waals surface area contributed by atoms with Crippen molar-refractivity contribution in [3.63, 3.8) is 0 Å². The molecule has 0 radical (unpaired) electrons. The van der Waals surface area contributed by atoms with Gasteiger partial charge >= 0.3 is 0 Å². The highest BCUT2D eigenvalue weighted by Crippen LogP contribution is 2.31. The number of aromatic nitrogens is 8. The Morgan fingerprint density at radius 1 is 0.972 bits per heavy atom. The first-order chi connectivity index (χ1) is 17.6. The summed E-state index contributed by atoms with van der Waals surface area (Å²) in [5.74, 6) is 1.08. The molecular weight excluding hydrogens is 456 g/mol. The van der Waals surface area contributed by atoms with Crippen molar-refractivity contribution in [3.8, 4) is 22.5 Å². The van der Waals surface area contributed by atoms with Gasteiger partial charge in [0, 0.05) is 44.4 Å². The molecule has 0 aliphatic carbocycles. The molecule has 0 spiro atoms. The maximum absolute atomic E-state index is 5.81. The third-order valence-electron chi connectivity index (χ3n) is 6.32. The van der Waals surface area contributed by atoms with Gasteiger partial charge in [-0.05, 0) is 29.7 Å². The molecule has 1 aromatic carbocycles. The largest absolute Gasteiger partial charge is 0.347 e. The van der Waals surface area contributed by atoms with E-state index in [1.807, 2.05) is 41.2 Å². The third kappa shape index (κ3) is 5.50. The molecule has 190 valence electrons. The fourth-order valence-corrected chi connectivity index (χ4v) is 4.21. The predicted molar refractivity (Wildman–Crippen MR) is 136 cm³/mol. The second-order valence-corrected chi connectivity index (χ2v) is 8.70. The molecule has 1 N–H and O–H groups in total. The Morgan fingerprint density at radius 2 is 1.75 bits per heavy atom. The van der Waals surface area contributed by atoms with Crippen LogP contribution in [0.2, 0.25) is 0 Å². The molecule has 0 aliphatic rings. The van der Waals surface area contributed by atoms with E-state index in [0.29, 0.717) is 24.6 Å². The highest BCUT2D eigenvalue weighted by atomic mass is 16.7. The number of tetrazole rings is 1. The summed E-state index contributed by atoms with van der Waals surface area (Å²) in [5, 5.41) is 19.3. The first-order valence-corrected chi connectivity index (χ1v) is 12.5. The van der Waals surface area contributed by atoms with Gasteiger partial charge in [0.25, 0.3) is 0 Å². The first kappa shape index (κ1) is 25.6. The van der Waals surface area contributed by atoms with Crippen LogP contribution in [0.15, 0.2) is 42.6 Å². The second kappa shape index (κ2) is 12.0. The molecule has 3 heterocycles. The van der Waals surface area contributed by atoms with E-state index in [2.05, 4.69) is 40.5 Å². The Balaban J connectivity index is 1.61. The van der Waals surface area contributed by atoms with Crippen LogP contribution in [0.3, 0.4) is 0 Å². The van der Waals surface area contributed by atoms with Crippen LogP contribution in [0, 0.1) is 0 Å². The summed E-state index contributed by atoms with van der Waals surface area (Å²) in [6.07, 6.45) is 7.48. The van der Waals surface area contributed by atoms with Crippen molar-refractivity contribution in [2.45, 2.75) is 64.7 Å². The van der Waals surface area contributed by atoms with Gasteiger partial charge in [-0.2, -0.15) is 5.21 Å². The maximum Gasteiger partial charge on any atom is 0.231 e. The van der Waals surface area contributed by atoms with Crippen molar-refractivity contribution in [1.82, 2.24) is 40.4 Å². The van der Waals surface area contributed by atoms with Crippen LogP contribution < -0.4 is 0 Å². The lowest BCUT2D eigenvalue weighted by Crippen LogP contribution is -2.32. The minimum absolute atomic E-state index is 0.510. The molecule has 0 atom stereocenters. The van der Waals surface area contributed by atoms with Crippen molar-refractivity contribution < 1.29 is 9.47 Å². The van der Waals surface area contributed by atoms with E-state index in [0.717, 1.165) is 60.3 Å². The molecule has 0 unspecified atom stereocenters. The number of pyridine rings is 1. The molecule has 4 rings (SSSR count). The normalized spacial score (nSPS) is 11.8. The summed E-state index contributed by atoms with van der Waals surface area (Å²) in [6, 6.07) is 12.0. The number of benzene rings is 1. The van der Waals surface area contributed by atoms with Crippen molar-refractivity contribution in [3.05, 3.63) is 59.9 Å². The summed E-state index contributed by atoms with van der Waals surface area (Å²) >= 11 is 0. The van der Waals surface area contributed by atoms with E-state index in [1.54, 1.807) is 14.2 Å². The lowest BCUT2D eigenvalue weighted by molar-refractivity contribution is -0.226. The zero-order valence-electron chi connectivity index (χ0n) is 21.4. The fraction of sp³-hybridized carbons (Fsp3) is 0.462. The summed E-state index contributed by atoms with van der Waals surface area (Å²) in [4.78, 5) is 9.61. The molecule has 0 bridgehead atoms. The number of rotatable bonds is 13. The average Bonchev–Trinajstić information content (AvgIpc) is 3.60. The van der Waals surface area contributed by atoms with Gasteiger partial charge < -0.3 is 9.47 Å². The average molecular weight is 491 g/mol. The van der Waals surface area contributed by atoms with Gasteiger partial charge in [-0.25, -0.2) is 9.67 Å². The highest BCUT2D eigenvalue weighted by Gasteiger charge is 2.37. The van der Waals surface area contributed by atoms with Crippen LogP contribution in [0.4, 0.5) is 0 Å². The van der Waals surface area contributed by atoms with Crippen LogP contribution >= 0.6 is 0 Å². The van der Waals surface area contributed by atoms with Crippen LogP contribution in [-0.2, 0) is 28.2 Å². The van der Waals surface area contributed by atoms with Gasteiger partial charge in [-0.3, -0.25) is 4.98 Å². The van der Waals surface area contributed by atoms with E-state index in [4.69, 9.17) is 24.5 Å². The summed E-state index contributed by atoms with van der Waals surface area (Å²) < 4.78 is 13.6. The summed E-state index contributed by atoms with van der Waals surface area (Å²) in [7, 11) is 3.30. The van der Waals surface area contributed by atoms with E-state index < -0.39 is 5.79 Å². The van der Waals surface area contributed by atoms with Gasteiger partial charge in [0.1, 0.15) is 5.82 Å². The third-order valence-corrected chi connectivity index (χ3v) is 6.32. The van der Waals surface area contributed by atoms with E-state index in [1.165, 1.54) is 0 Å². The number of hydrogen-bond acceptors (Lipinski definition) is 8. The zero-order chi connectivity index (χ0) is 25.4. The lowest BCUT2D eigenvalue weighted by atomic mass is 10.0. The number of aryl methyl sites for hydroxylation is 1. The van der Waals surface area contributed by atoms with E-state index in [9.17, 15) is 0 Å². The van der Waals surface area contributed by atoms with Gasteiger partial charge in [-0.15, -0.1) is 15.3 Å². The van der Waals surface area contributed by atoms with Gasteiger partial charge in [-0.1, -0.05) is 57.0 Å². The maximum atomic E-state index is 5.81. The number of hydrogen-bond donors (Lipinski definition) is 1. The van der Waals surface area contributed by atoms with Crippen molar-refractivity contribution in [2.24, 2.45) is 0 Å². The Bertz CT molecular complexity index is 1220. The predicted octanol–water partition coefficient (Wildman–Crippen LogP) is 4.55. The Morgan fingerprint density at radius 3 is 2.39 bits per heavy atom. The molecule has 10 heteroatoms.